The van der Waals surface area contributed by atoms with Gasteiger partial charge < -0.3 is 9.80 Å². The largest absolute Gasteiger partial charge is 0.378 e. The van der Waals surface area contributed by atoms with Gasteiger partial charge >= 0.3 is 0 Å². The predicted octanol–water partition coefficient (Wildman–Crippen LogP) is 2.15. The normalized spacial score (nSPS) is 11.0. The van der Waals surface area contributed by atoms with Crippen molar-refractivity contribution in [3.05, 3.63) is 59.7 Å². The van der Waals surface area contributed by atoms with Crippen LogP contribution in [0, 0.1) is 0 Å². The Balaban J connectivity index is 1.64. The summed E-state index contributed by atoms with van der Waals surface area (Å²) < 4.78 is 0. The fourth-order valence-corrected chi connectivity index (χ4v) is 2.98. The molecule has 0 spiro atoms. The van der Waals surface area contributed by atoms with E-state index >= 15 is 0 Å². The summed E-state index contributed by atoms with van der Waals surface area (Å²) in [6.07, 6.45) is 3.16. The molecule has 0 saturated heterocycles. The first-order chi connectivity index (χ1) is 14.8. The fourth-order valence-electron chi connectivity index (χ4n) is 2.38. The lowest BCUT2D eigenvalue weighted by molar-refractivity contribution is -0.118. The summed E-state index contributed by atoms with van der Waals surface area (Å²) in [5.74, 6) is -0.299. The second-order valence-corrected chi connectivity index (χ2v) is 8.04. The van der Waals surface area contributed by atoms with Crippen molar-refractivity contribution in [2.75, 3.05) is 49.5 Å². The highest BCUT2D eigenvalue weighted by Crippen LogP contribution is 2.11. The van der Waals surface area contributed by atoms with Crippen LogP contribution in [0.5, 0.6) is 0 Å². The Labute approximate surface area is 187 Å². The zero-order valence-corrected chi connectivity index (χ0v) is 19.0. The molecule has 0 unspecified atom stereocenters. The van der Waals surface area contributed by atoms with E-state index in [9.17, 15) is 9.59 Å². The first kappa shape index (κ1) is 23.9. The van der Waals surface area contributed by atoms with Crippen molar-refractivity contribution < 1.29 is 9.59 Å². The molecule has 0 aromatic heterocycles. The highest BCUT2D eigenvalue weighted by Gasteiger charge is 2.04. The monoisotopic (exact) mass is 440 g/mol. The average molecular weight is 441 g/mol. The van der Waals surface area contributed by atoms with Crippen LogP contribution in [0.3, 0.4) is 0 Å². The maximum Gasteiger partial charge on any atom is 0.250 e. The van der Waals surface area contributed by atoms with Crippen molar-refractivity contribution >= 4 is 47.4 Å². The van der Waals surface area contributed by atoms with Gasteiger partial charge in [-0.2, -0.15) is 10.2 Å². The number of nitrogens with one attached hydrogen (secondary N) is 2. The summed E-state index contributed by atoms with van der Waals surface area (Å²) in [5, 5.41) is 7.87. The SMILES string of the molecule is CN(C)c1ccc(/C=N/NC(=O)CSCC(=O)N/N=C/c2ccc(N(C)C)cc2)cc1. The third kappa shape index (κ3) is 8.91. The van der Waals surface area contributed by atoms with Crippen LogP contribution in [0.2, 0.25) is 0 Å². The quantitative estimate of drug-likeness (QED) is 0.437. The van der Waals surface area contributed by atoms with Crippen LogP contribution in [-0.4, -0.2) is 63.9 Å². The maximum atomic E-state index is 11.8. The smallest absolute Gasteiger partial charge is 0.250 e. The summed E-state index contributed by atoms with van der Waals surface area (Å²) >= 11 is 1.19. The van der Waals surface area contributed by atoms with Gasteiger partial charge in [0.05, 0.1) is 23.9 Å². The van der Waals surface area contributed by atoms with E-state index in [1.807, 2.05) is 86.5 Å². The number of rotatable bonds is 10. The molecule has 0 aliphatic rings. The number of anilines is 2. The summed E-state index contributed by atoms with van der Waals surface area (Å²) in [4.78, 5) is 27.6. The standard InChI is InChI=1S/C22H28N6O2S/c1-27(2)19-9-5-17(6-10-19)13-23-25-21(29)15-31-16-22(30)26-24-14-18-7-11-20(12-8-18)28(3)4/h5-14H,15-16H2,1-4H3,(H,25,29)(H,26,30)/b23-13+,24-14+. The molecule has 0 fully saturated rings. The van der Waals surface area contributed by atoms with Crippen molar-refractivity contribution in [1.82, 2.24) is 10.9 Å². The zero-order chi connectivity index (χ0) is 22.6. The van der Waals surface area contributed by atoms with E-state index in [4.69, 9.17) is 0 Å². The summed E-state index contributed by atoms with van der Waals surface area (Å²) in [6, 6.07) is 15.6. The number of amides is 2. The Morgan fingerprint density at radius 3 is 1.42 bits per heavy atom. The molecule has 2 rings (SSSR count). The number of hydrazone groups is 2. The van der Waals surface area contributed by atoms with Gasteiger partial charge in [0.1, 0.15) is 0 Å². The number of thioether (sulfide) groups is 1. The van der Waals surface area contributed by atoms with E-state index in [1.54, 1.807) is 12.4 Å². The van der Waals surface area contributed by atoms with Gasteiger partial charge in [-0.15, -0.1) is 11.8 Å². The van der Waals surface area contributed by atoms with Crippen LogP contribution in [0.25, 0.3) is 0 Å². The molecule has 2 amide bonds. The van der Waals surface area contributed by atoms with Crippen LogP contribution in [-0.2, 0) is 9.59 Å². The number of carbonyl (C=O) groups excluding carboxylic acids is 2. The third-order valence-corrected chi connectivity index (χ3v) is 5.02. The number of nitrogens with zero attached hydrogens (tertiary/aromatic N) is 4. The second-order valence-electron chi connectivity index (χ2n) is 7.05. The summed E-state index contributed by atoms with van der Waals surface area (Å²) in [6.45, 7) is 0. The van der Waals surface area contributed by atoms with Crippen LogP contribution < -0.4 is 20.7 Å². The van der Waals surface area contributed by atoms with Crippen LogP contribution in [0.4, 0.5) is 11.4 Å². The maximum absolute atomic E-state index is 11.8. The Morgan fingerprint density at radius 1 is 0.742 bits per heavy atom. The van der Waals surface area contributed by atoms with Crippen molar-refractivity contribution in [3.63, 3.8) is 0 Å². The molecule has 0 bridgehead atoms. The van der Waals surface area contributed by atoms with Crippen molar-refractivity contribution in [1.29, 1.82) is 0 Å². The number of benzene rings is 2. The van der Waals surface area contributed by atoms with Gasteiger partial charge in [0.15, 0.2) is 0 Å². The van der Waals surface area contributed by atoms with Crippen LogP contribution in [0.1, 0.15) is 11.1 Å². The lowest BCUT2D eigenvalue weighted by Crippen LogP contribution is -2.23. The molecule has 2 aromatic carbocycles. The van der Waals surface area contributed by atoms with Crippen molar-refractivity contribution in [2.45, 2.75) is 0 Å². The molecule has 31 heavy (non-hydrogen) atoms. The Morgan fingerprint density at radius 2 is 1.10 bits per heavy atom. The molecule has 0 radical (unpaired) electrons. The molecule has 2 N–H and O–H groups in total. The van der Waals surface area contributed by atoms with E-state index in [0.29, 0.717) is 0 Å². The van der Waals surface area contributed by atoms with Gasteiger partial charge in [0.25, 0.3) is 0 Å². The molecule has 2 aromatic rings. The summed E-state index contributed by atoms with van der Waals surface area (Å²) in [5.41, 5.74) is 8.84. The minimum Gasteiger partial charge on any atom is -0.378 e. The first-order valence-electron chi connectivity index (χ1n) is 9.61. The molecule has 0 aliphatic carbocycles. The van der Waals surface area contributed by atoms with Gasteiger partial charge in [-0.3, -0.25) is 9.59 Å². The van der Waals surface area contributed by atoms with Crippen molar-refractivity contribution in [2.24, 2.45) is 10.2 Å². The number of hydrogen-bond acceptors (Lipinski definition) is 7. The van der Waals surface area contributed by atoms with E-state index in [-0.39, 0.29) is 23.3 Å². The lowest BCUT2D eigenvalue weighted by atomic mass is 10.2. The molecule has 8 nitrogen and oxygen atoms in total. The third-order valence-electron chi connectivity index (χ3n) is 4.09. The topological polar surface area (TPSA) is 89.4 Å². The Bertz CT molecular complexity index is 833. The predicted molar refractivity (Wildman–Crippen MR) is 130 cm³/mol. The molecular weight excluding hydrogens is 412 g/mol. The van der Waals surface area contributed by atoms with Gasteiger partial charge in [-0.1, -0.05) is 24.3 Å². The highest BCUT2D eigenvalue weighted by atomic mass is 32.2. The lowest BCUT2D eigenvalue weighted by Gasteiger charge is -2.11. The van der Waals surface area contributed by atoms with Crippen molar-refractivity contribution in [3.8, 4) is 0 Å². The minimum absolute atomic E-state index is 0.125. The number of hydrogen-bond donors (Lipinski definition) is 2. The van der Waals surface area contributed by atoms with Gasteiger partial charge in [-0.05, 0) is 35.4 Å². The first-order valence-corrected chi connectivity index (χ1v) is 10.8. The van der Waals surface area contributed by atoms with Gasteiger partial charge in [0.2, 0.25) is 11.8 Å². The minimum atomic E-state index is -0.275. The average Bonchev–Trinajstić information content (AvgIpc) is 2.74. The Hall–Kier alpha value is -3.33. The zero-order valence-electron chi connectivity index (χ0n) is 18.2. The molecule has 0 heterocycles. The second kappa shape index (κ2) is 12.4. The van der Waals surface area contributed by atoms with Gasteiger partial charge in [0, 0.05) is 39.6 Å². The van der Waals surface area contributed by atoms with Crippen LogP contribution in [0.15, 0.2) is 58.7 Å². The Kier molecular flexibility index (Phi) is 9.57. The molecule has 0 aliphatic heterocycles. The van der Waals surface area contributed by atoms with E-state index in [2.05, 4.69) is 21.1 Å². The van der Waals surface area contributed by atoms with E-state index in [0.717, 1.165) is 22.5 Å². The number of carbonyl (C=O) groups is 2. The highest BCUT2D eigenvalue weighted by molar-refractivity contribution is 8.00. The fraction of sp³-hybridized carbons (Fsp3) is 0.273. The van der Waals surface area contributed by atoms with E-state index < -0.39 is 0 Å². The molecule has 0 atom stereocenters. The van der Waals surface area contributed by atoms with E-state index in [1.165, 1.54) is 11.8 Å². The molecule has 0 saturated carbocycles. The molecule has 9 heteroatoms. The molecular formula is C22H28N6O2S. The van der Waals surface area contributed by atoms with Crippen LogP contribution >= 0.6 is 11.8 Å². The molecule has 164 valence electrons. The van der Waals surface area contributed by atoms with Gasteiger partial charge in [-0.25, -0.2) is 10.9 Å². The summed E-state index contributed by atoms with van der Waals surface area (Å²) in [7, 11) is 7.88.